The molecule has 1 heterocycles. The summed E-state index contributed by atoms with van der Waals surface area (Å²) >= 11 is 0. The van der Waals surface area contributed by atoms with Crippen molar-refractivity contribution in [3.05, 3.63) is 53.6 Å². The number of rotatable bonds is 1. The molecule has 2 aromatic carbocycles. The number of nitrogens with one attached hydrogen (secondary N) is 1. The van der Waals surface area contributed by atoms with Crippen molar-refractivity contribution in [1.29, 1.82) is 0 Å². The summed E-state index contributed by atoms with van der Waals surface area (Å²) in [7, 11) is 0. The fourth-order valence-corrected chi connectivity index (χ4v) is 3.73. The zero-order valence-electron chi connectivity index (χ0n) is 12.4. The zero-order chi connectivity index (χ0) is 14.1. The Bertz CT molecular complexity index is 642. The third-order valence-electron chi connectivity index (χ3n) is 4.77. The minimum Gasteiger partial charge on any atom is -0.368 e. The van der Waals surface area contributed by atoms with Crippen molar-refractivity contribution in [2.75, 3.05) is 31.1 Å². The topological polar surface area (TPSA) is 15.3 Å². The summed E-state index contributed by atoms with van der Waals surface area (Å²) in [5.74, 6) is 0. The van der Waals surface area contributed by atoms with Crippen LogP contribution in [0.2, 0.25) is 0 Å². The first kappa shape index (κ1) is 12.9. The molecule has 0 aromatic heterocycles. The summed E-state index contributed by atoms with van der Waals surface area (Å²) in [5, 5.41) is 3.45. The van der Waals surface area contributed by atoms with Crippen LogP contribution in [0.25, 0.3) is 11.1 Å². The highest BCUT2D eigenvalue weighted by Gasteiger charge is 2.21. The molecule has 1 aliphatic carbocycles. The van der Waals surface area contributed by atoms with Gasteiger partial charge in [0.1, 0.15) is 0 Å². The van der Waals surface area contributed by atoms with Gasteiger partial charge in [-0.05, 0) is 42.0 Å². The van der Waals surface area contributed by atoms with Crippen LogP contribution in [0.4, 0.5) is 5.69 Å². The average Bonchev–Trinajstić information content (AvgIpc) is 2.75. The molecule has 0 atom stereocenters. The number of benzene rings is 2. The second-order valence-electron chi connectivity index (χ2n) is 6.06. The van der Waals surface area contributed by atoms with Crippen molar-refractivity contribution in [1.82, 2.24) is 5.32 Å². The molecule has 0 amide bonds. The summed E-state index contributed by atoms with van der Waals surface area (Å²) in [4.78, 5) is 2.55. The predicted octanol–water partition coefficient (Wildman–Crippen LogP) is 3.25. The van der Waals surface area contributed by atoms with Crippen molar-refractivity contribution < 1.29 is 0 Å². The zero-order valence-corrected chi connectivity index (χ0v) is 12.4. The van der Waals surface area contributed by atoms with Crippen LogP contribution in [0.15, 0.2) is 42.5 Å². The fourth-order valence-electron chi connectivity index (χ4n) is 3.73. The van der Waals surface area contributed by atoms with Gasteiger partial charge in [0.2, 0.25) is 0 Å². The fraction of sp³-hybridized carbons (Fsp3) is 0.368. The van der Waals surface area contributed by atoms with E-state index in [2.05, 4.69) is 52.7 Å². The maximum atomic E-state index is 3.45. The molecule has 4 rings (SSSR count). The van der Waals surface area contributed by atoms with E-state index in [-0.39, 0.29) is 0 Å². The monoisotopic (exact) mass is 278 g/mol. The normalized spacial score (nSPS) is 17.8. The standard InChI is InChI=1S/C19H22N2/c1-2-9-17-15(5-1)6-3-7-16-8-4-10-18(19(16)17)21-13-11-20-12-14-21/h1-2,4-5,8-10,20H,3,6-7,11-14H2. The lowest BCUT2D eigenvalue weighted by molar-refractivity contribution is 0.589. The van der Waals surface area contributed by atoms with Crippen LogP contribution in [-0.4, -0.2) is 26.2 Å². The predicted molar refractivity (Wildman–Crippen MR) is 89.0 cm³/mol. The van der Waals surface area contributed by atoms with E-state index in [1.807, 2.05) is 0 Å². The molecule has 21 heavy (non-hydrogen) atoms. The van der Waals surface area contributed by atoms with Gasteiger partial charge in [-0.3, -0.25) is 0 Å². The Kier molecular flexibility index (Phi) is 3.40. The van der Waals surface area contributed by atoms with E-state index in [0.717, 1.165) is 26.2 Å². The molecule has 2 aliphatic rings. The van der Waals surface area contributed by atoms with Crippen molar-refractivity contribution in [3.8, 4) is 11.1 Å². The number of fused-ring (bicyclic) bond motifs is 3. The molecule has 0 bridgehead atoms. The number of nitrogens with zero attached hydrogens (tertiary/aromatic N) is 1. The molecule has 1 saturated heterocycles. The third-order valence-corrected chi connectivity index (χ3v) is 4.77. The van der Waals surface area contributed by atoms with Crippen molar-refractivity contribution in [3.63, 3.8) is 0 Å². The van der Waals surface area contributed by atoms with E-state index in [1.54, 1.807) is 0 Å². The lowest BCUT2D eigenvalue weighted by atomic mass is 9.94. The molecule has 0 spiro atoms. The molecule has 108 valence electrons. The summed E-state index contributed by atoms with van der Waals surface area (Å²) in [6.07, 6.45) is 3.66. The van der Waals surface area contributed by atoms with Gasteiger partial charge >= 0.3 is 0 Å². The minimum absolute atomic E-state index is 1.09. The van der Waals surface area contributed by atoms with Crippen molar-refractivity contribution in [2.45, 2.75) is 19.3 Å². The second kappa shape index (κ2) is 5.53. The second-order valence-corrected chi connectivity index (χ2v) is 6.06. The van der Waals surface area contributed by atoms with Gasteiger partial charge in [0, 0.05) is 37.4 Å². The van der Waals surface area contributed by atoms with Crippen LogP contribution in [0.1, 0.15) is 17.5 Å². The van der Waals surface area contributed by atoms with E-state index in [0.29, 0.717) is 0 Å². The molecule has 1 fully saturated rings. The van der Waals surface area contributed by atoms with Gasteiger partial charge in [-0.15, -0.1) is 0 Å². The summed E-state index contributed by atoms with van der Waals surface area (Å²) < 4.78 is 0. The molecule has 2 heteroatoms. The van der Waals surface area contributed by atoms with E-state index in [9.17, 15) is 0 Å². The molecule has 0 saturated carbocycles. The van der Waals surface area contributed by atoms with Gasteiger partial charge < -0.3 is 10.2 Å². The number of hydrogen-bond donors (Lipinski definition) is 1. The highest BCUT2D eigenvalue weighted by Crippen LogP contribution is 2.39. The summed E-state index contributed by atoms with van der Waals surface area (Å²) in [6.45, 7) is 4.40. The molecule has 0 unspecified atom stereocenters. The average molecular weight is 278 g/mol. The molecular weight excluding hydrogens is 256 g/mol. The maximum Gasteiger partial charge on any atom is 0.0449 e. The number of aryl methyl sites for hydroxylation is 2. The highest BCUT2D eigenvalue weighted by atomic mass is 15.2. The van der Waals surface area contributed by atoms with Crippen LogP contribution in [-0.2, 0) is 12.8 Å². The Morgan fingerprint density at radius 1 is 0.810 bits per heavy atom. The Balaban J connectivity index is 1.88. The molecule has 1 aliphatic heterocycles. The third kappa shape index (κ3) is 2.34. The Hall–Kier alpha value is -1.80. The molecule has 2 aromatic rings. The van der Waals surface area contributed by atoms with Crippen molar-refractivity contribution >= 4 is 5.69 Å². The smallest absolute Gasteiger partial charge is 0.0449 e. The molecule has 1 N–H and O–H groups in total. The largest absolute Gasteiger partial charge is 0.368 e. The quantitative estimate of drug-likeness (QED) is 0.861. The lowest BCUT2D eigenvalue weighted by Gasteiger charge is -2.32. The van der Waals surface area contributed by atoms with Gasteiger partial charge in [0.05, 0.1) is 0 Å². The summed E-state index contributed by atoms with van der Waals surface area (Å²) in [5.41, 5.74) is 7.42. The van der Waals surface area contributed by atoms with Crippen LogP contribution in [0.5, 0.6) is 0 Å². The van der Waals surface area contributed by atoms with Gasteiger partial charge in [0.15, 0.2) is 0 Å². The van der Waals surface area contributed by atoms with E-state index in [4.69, 9.17) is 0 Å². The van der Waals surface area contributed by atoms with Crippen molar-refractivity contribution in [2.24, 2.45) is 0 Å². The lowest BCUT2D eigenvalue weighted by Crippen LogP contribution is -2.43. The number of piperazine rings is 1. The molecule has 0 radical (unpaired) electrons. The summed E-state index contributed by atoms with van der Waals surface area (Å²) in [6, 6.07) is 15.9. The first-order valence-electron chi connectivity index (χ1n) is 8.09. The van der Waals surface area contributed by atoms with E-state index >= 15 is 0 Å². The van der Waals surface area contributed by atoms with Gasteiger partial charge in [-0.25, -0.2) is 0 Å². The van der Waals surface area contributed by atoms with E-state index in [1.165, 1.54) is 47.2 Å². The highest BCUT2D eigenvalue weighted by molar-refractivity contribution is 5.84. The Morgan fingerprint density at radius 3 is 2.48 bits per heavy atom. The SMILES string of the molecule is c1ccc2c(c1)CCCc1cccc(N3CCNCC3)c1-2. The maximum absolute atomic E-state index is 3.45. The van der Waals surface area contributed by atoms with Crippen LogP contribution >= 0.6 is 0 Å². The number of hydrogen-bond acceptors (Lipinski definition) is 2. The first-order chi connectivity index (χ1) is 10.4. The Labute approximate surface area is 126 Å². The minimum atomic E-state index is 1.09. The Morgan fingerprint density at radius 2 is 1.57 bits per heavy atom. The van der Waals surface area contributed by atoms with Gasteiger partial charge in [-0.1, -0.05) is 36.4 Å². The van der Waals surface area contributed by atoms with Crippen LogP contribution in [0, 0.1) is 0 Å². The van der Waals surface area contributed by atoms with Crippen LogP contribution in [0.3, 0.4) is 0 Å². The van der Waals surface area contributed by atoms with Crippen LogP contribution < -0.4 is 10.2 Å². The molecule has 2 nitrogen and oxygen atoms in total. The van der Waals surface area contributed by atoms with E-state index < -0.39 is 0 Å². The van der Waals surface area contributed by atoms with Gasteiger partial charge in [0.25, 0.3) is 0 Å². The first-order valence-corrected chi connectivity index (χ1v) is 8.09. The van der Waals surface area contributed by atoms with Gasteiger partial charge in [-0.2, -0.15) is 0 Å². The number of anilines is 1. The molecular formula is C19H22N2.